The zero-order chi connectivity index (χ0) is 25.1. The average Bonchev–Trinajstić information content (AvgIpc) is 2.84. The van der Waals surface area contributed by atoms with Gasteiger partial charge in [0.2, 0.25) is 5.91 Å². The predicted octanol–water partition coefficient (Wildman–Crippen LogP) is 1.01. The summed E-state index contributed by atoms with van der Waals surface area (Å²) in [5.74, 6) is -1.92. The Morgan fingerprint density at radius 3 is 2.83 bits per heavy atom. The molecule has 2 N–H and O–H groups in total. The number of benzene rings is 1. The van der Waals surface area contributed by atoms with Gasteiger partial charge in [0.15, 0.2) is 18.4 Å². The molecule has 184 valence electrons. The van der Waals surface area contributed by atoms with Crippen molar-refractivity contribution in [2.24, 2.45) is 0 Å². The number of aliphatic carboxylic acids is 1. The first-order valence-corrected chi connectivity index (χ1v) is 13.4. The molecule has 0 saturated carbocycles. The van der Waals surface area contributed by atoms with Crippen LogP contribution >= 0.6 is 46.7 Å². The maximum atomic E-state index is 12.9. The van der Waals surface area contributed by atoms with Crippen molar-refractivity contribution in [3.8, 4) is 0 Å². The molecule has 0 radical (unpaired) electrons. The number of nitrogens with zero attached hydrogens (tertiary/aromatic N) is 2. The number of carboxylic acid groups (broad SMARTS) is 1. The van der Waals surface area contributed by atoms with Gasteiger partial charge in [0, 0.05) is 33.4 Å². The van der Waals surface area contributed by atoms with Crippen LogP contribution in [-0.2, 0) is 27.3 Å². The van der Waals surface area contributed by atoms with Gasteiger partial charge in [-0.3, -0.25) is 14.5 Å². The third kappa shape index (κ3) is 5.62. The molecular weight excluding hydrogens is 533 g/mol. The third-order valence-corrected chi connectivity index (χ3v) is 8.64. The van der Waals surface area contributed by atoms with Crippen LogP contribution in [0.2, 0.25) is 10.0 Å². The number of hydrogen-bond acceptors (Lipinski definition) is 7. The Balaban J connectivity index is 1.44. The molecule has 2 aliphatic heterocycles. The fourth-order valence-electron chi connectivity index (χ4n) is 3.95. The number of carbonyl (C=O) groups is 3. The van der Waals surface area contributed by atoms with Gasteiger partial charge < -0.3 is 20.3 Å². The van der Waals surface area contributed by atoms with E-state index in [9.17, 15) is 24.6 Å². The zero-order valence-corrected chi connectivity index (χ0v) is 21.4. The molecule has 1 aromatic heterocycles. The molecule has 35 heavy (non-hydrogen) atoms. The molecule has 1 saturated heterocycles. The van der Waals surface area contributed by atoms with E-state index in [-0.39, 0.29) is 30.5 Å². The summed E-state index contributed by atoms with van der Waals surface area (Å²) < 4.78 is 1.84. The normalized spacial score (nSPS) is 19.3. The van der Waals surface area contributed by atoms with Gasteiger partial charge in [-0.25, -0.2) is 0 Å². The lowest BCUT2D eigenvalue weighted by molar-refractivity contribution is -0.696. The van der Waals surface area contributed by atoms with Crippen LogP contribution in [0.15, 0.2) is 58.8 Å². The lowest BCUT2D eigenvalue weighted by Crippen LogP contribution is -2.71. The van der Waals surface area contributed by atoms with E-state index in [1.807, 2.05) is 22.8 Å². The molecule has 2 amide bonds. The second kappa shape index (κ2) is 11.2. The van der Waals surface area contributed by atoms with E-state index in [2.05, 4.69) is 5.32 Å². The summed E-state index contributed by atoms with van der Waals surface area (Å²) in [5.41, 5.74) is 1.21. The Morgan fingerprint density at radius 2 is 2.09 bits per heavy atom. The highest BCUT2D eigenvalue weighted by molar-refractivity contribution is 8.00. The Labute approximate surface area is 220 Å². The number of carboxylic acids is 1. The van der Waals surface area contributed by atoms with Crippen LogP contribution in [0, 0.1) is 0 Å². The standard InChI is InChI=1S/C23H21Cl2N3O5S2/c24-14-4-5-16(25)17(9-14)34-12-18(30)26-19-21(31)28-20(23(32)33)13(11-35-22(19)28)10-27-7-2-1-3-15(27)6-8-29/h1-5,7,9,19,22,29H,6,8,10-12H2,(H-,26,30,32,33)/t19-,22-/m1/s1. The fourth-order valence-corrected chi connectivity index (χ4v) is 6.59. The van der Waals surface area contributed by atoms with Gasteiger partial charge in [-0.15, -0.1) is 23.5 Å². The summed E-state index contributed by atoms with van der Waals surface area (Å²) in [6.45, 7) is 0.206. The van der Waals surface area contributed by atoms with Crippen molar-refractivity contribution in [1.29, 1.82) is 0 Å². The van der Waals surface area contributed by atoms with Crippen LogP contribution in [0.5, 0.6) is 0 Å². The van der Waals surface area contributed by atoms with Gasteiger partial charge in [0.1, 0.15) is 11.4 Å². The third-order valence-electron chi connectivity index (χ3n) is 5.57. The summed E-state index contributed by atoms with van der Waals surface area (Å²) >= 11 is 14.7. The van der Waals surface area contributed by atoms with Gasteiger partial charge in [-0.2, -0.15) is 4.57 Å². The maximum absolute atomic E-state index is 12.9. The summed E-state index contributed by atoms with van der Waals surface area (Å²) in [7, 11) is 0. The summed E-state index contributed by atoms with van der Waals surface area (Å²) in [5, 5.41) is 24.5. The first kappa shape index (κ1) is 25.8. The van der Waals surface area contributed by atoms with Crippen LogP contribution in [0.3, 0.4) is 0 Å². The molecule has 2 aromatic rings. The molecule has 4 rings (SSSR count). The van der Waals surface area contributed by atoms with Gasteiger partial charge in [0.05, 0.1) is 35.5 Å². The van der Waals surface area contributed by atoms with Crippen LogP contribution in [0.4, 0.5) is 0 Å². The molecule has 0 bridgehead atoms. The maximum Gasteiger partial charge on any atom is 0.253 e. The van der Waals surface area contributed by atoms with Crippen LogP contribution in [0.25, 0.3) is 0 Å². The number of pyridine rings is 1. The molecule has 2 atom stereocenters. The minimum atomic E-state index is -1.44. The molecule has 12 heteroatoms. The van der Waals surface area contributed by atoms with Crippen molar-refractivity contribution in [3.63, 3.8) is 0 Å². The monoisotopic (exact) mass is 553 g/mol. The quantitative estimate of drug-likeness (QED) is 0.270. The second-order valence-corrected chi connectivity index (χ2v) is 10.8. The highest BCUT2D eigenvalue weighted by atomic mass is 35.5. The molecule has 0 unspecified atom stereocenters. The number of β-lactam (4-membered cyclic amide) rings is 1. The summed E-state index contributed by atoms with van der Waals surface area (Å²) in [6, 6.07) is 9.62. The molecular formula is C23H21Cl2N3O5S2. The number of amides is 2. The highest BCUT2D eigenvalue weighted by Gasteiger charge is 2.53. The topological polar surface area (TPSA) is 114 Å². The number of carbonyl (C=O) groups excluding carboxylic acids is 3. The highest BCUT2D eigenvalue weighted by Crippen LogP contribution is 2.40. The van der Waals surface area contributed by atoms with Gasteiger partial charge >= 0.3 is 0 Å². The minimum absolute atomic E-state index is 0.0218. The van der Waals surface area contributed by atoms with Crippen LogP contribution in [-0.4, -0.2) is 57.3 Å². The van der Waals surface area contributed by atoms with E-state index in [1.54, 1.807) is 24.4 Å². The smallest absolute Gasteiger partial charge is 0.253 e. The van der Waals surface area contributed by atoms with Crippen LogP contribution < -0.4 is 15.0 Å². The SMILES string of the molecule is O=C(CSc1cc(Cl)ccc1Cl)N[C@@H]1C(=O)N2C(C(=O)[O-])=C(C[n+]3ccccc3CCO)CS[C@H]12. The van der Waals surface area contributed by atoms with Gasteiger partial charge in [0.25, 0.3) is 5.91 Å². The Morgan fingerprint density at radius 1 is 1.29 bits per heavy atom. The van der Waals surface area contributed by atoms with Gasteiger partial charge in [-0.05, 0) is 18.2 Å². The number of rotatable bonds is 9. The van der Waals surface area contributed by atoms with Crippen molar-refractivity contribution in [1.82, 2.24) is 10.2 Å². The average molecular weight is 554 g/mol. The Bertz CT molecular complexity index is 1210. The Kier molecular flexibility index (Phi) is 8.28. The first-order valence-electron chi connectivity index (χ1n) is 10.6. The summed E-state index contributed by atoms with van der Waals surface area (Å²) in [4.78, 5) is 39.2. The van der Waals surface area contributed by atoms with E-state index in [0.29, 0.717) is 32.7 Å². The van der Waals surface area contributed by atoms with Crippen molar-refractivity contribution < 1.29 is 29.2 Å². The number of fused-ring (bicyclic) bond motifs is 1. The predicted molar refractivity (Wildman–Crippen MR) is 132 cm³/mol. The van der Waals surface area contributed by atoms with Crippen molar-refractivity contribution in [2.75, 3.05) is 18.1 Å². The Hall–Kier alpha value is -2.24. The number of aliphatic hydroxyl groups excluding tert-OH is 1. The molecule has 0 spiro atoms. The van der Waals surface area contributed by atoms with Crippen molar-refractivity contribution in [3.05, 3.63) is 69.6 Å². The van der Waals surface area contributed by atoms with Crippen molar-refractivity contribution >= 4 is 64.5 Å². The molecule has 0 aliphatic carbocycles. The summed E-state index contributed by atoms with van der Waals surface area (Å²) in [6.07, 6.45) is 2.21. The number of nitrogens with one attached hydrogen (secondary N) is 1. The minimum Gasteiger partial charge on any atom is -0.543 e. The lowest BCUT2D eigenvalue weighted by atomic mass is 10.0. The molecule has 2 aliphatic rings. The van der Waals surface area contributed by atoms with Crippen LogP contribution in [0.1, 0.15) is 5.69 Å². The van der Waals surface area contributed by atoms with E-state index in [4.69, 9.17) is 23.2 Å². The molecule has 1 fully saturated rings. The molecule has 8 nitrogen and oxygen atoms in total. The first-order chi connectivity index (χ1) is 16.8. The van der Waals surface area contributed by atoms with E-state index in [0.717, 1.165) is 5.69 Å². The van der Waals surface area contributed by atoms with Gasteiger partial charge in [-0.1, -0.05) is 29.3 Å². The number of thioether (sulfide) groups is 2. The van der Waals surface area contributed by atoms with Crippen molar-refractivity contribution in [2.45, 2.75) is 29.3 Å². The molecule has 3 heterocycles. The van der Waals surface area contributed by atoms with E-state index in [1.165, 1.54) is 28.4 Å². The fraction of sp³-hybridized carbons (Fsp3) is 0.304. The number of aromatic nitrogens is 1. The number of halogens is 2. The largest absolute Gasteiger partial charge is 0.543 e. The van der Waals surface area contributed by atoms with E-state index >= 15 is 0 Å². The lowest BCUT2D eigenvalue weighted by Gasteiger charge is -2.50. The second-order valence-electron chi connectivity index (χ2n) is 7.85. The number of aliphatic hydroxyl groups is 1. The molecule has 1 aromatic carbocycles. The van der Waals surface area contributed by atoms with E-state index < -0.39 is 23.3 Å². The number of hydrogen-bond donors (Lipinski definition) is 2. The zero-order valence-electron chi connectivity index (χ0n) is 18.3.